The molecule has 0 bridgehead atoms. The van der Waals surface area contributed by atoms with Crippen LogP contribution in [0.3, 0.4) is 0 Å². The molecule has 0 saturated carbocycles. The minimum absolute atomic E-state index is 0.318. The van der Waals surface area contributed by atoms with Crippen molar-refractivity contribution in [2.24, 2.45) is 0 Å². The number of anilines is 1. The second-order valence-electron chi connectivity index (χ2n) is 7.92. The van der Waals surface area contributed by atoms with Gasteiger partial charge in [-0.05, 0) is 34.9 Å². The van der Waals surface area contributed by atoms with Gasteiger partial charge in [0.15, 0.2) is 5.60 Å². The quantitative estimate of drug-likeness (QED) is 0.511. The highest BCUT2D eigenvalue weighted by Gasteiger charge is 2.42. The summed E-state index contributed by atoms with van der Waals surface area (Å²) in [6.07, 6.45) is 1.96. The molecule has 0 radical (unpaired) electrons. The Bertz CT molecular complexity index is 1300. The van der Waals surface area contributed by atoms with Gasteiger partial charge in [-0.15, -0.1) is 0 Å². The standard InChI is InChI=1S/C25H21N3O3/c1-25(15-18-8-3-5-12-21(18)23(29)31-25)24(30)27-22-13-14-26-28(22)16-19-10-6-9-17-7-2-4-11-20(17)19/h2-14H,15-16H2,1H3,(H,27,30). The number of carbonyl (C=O) groups excluding carboxylic acids is 2. The minimum Gasteiger partial charge on any atom is -0.445 e. The lowest BCUT2D eigenvalue weighted by Crippen LogP contribution is -2.49. The molecule has 1 unspecified atom stereocenters. The van der Waals surface area contributed by atoms with E-state index in [2.05, 4.69) is 34.7 Å². The number of hydrogen-bond donors (Lipinski definition) is 1. The lowest BCUT2D eigenvalue weighted by Gasteiger charge is -2.33. The van der Waals surface area contributed by atoms with Crippen molar-refractivity contribution in [3.05, 3.63) is 95.7 Å². The third-order valence-corrected chi connectivity index (χ3v) is 5.72. The van der Waals surface area contributed by atoms with Gasteiger partial charge in [0, 0.05) is 12.5 Å². The van der Waals surface area contributed by atoms with E-state index in [-0.39, 0.29) is 5.91 Å². The first-order valence-electron chi connectivity index (χ1n) is 10.1. The molecule has 31 heavy (non-hydrogen) atoms. The monoisotopic (exact) mass is 411 g/mol. The highest BCUT2D eigenvalue weighted by Crippen LogP contribution is 2.29. The SMILES string of the molecule is CC1(C(=O)Nc2ccnn2Cc2cccc3ccccc23)Cc2ccccc2C(=O)O1. The zero-order chi connectivity index (χ0) is 21.4. The van der Waals surface area contributed by atoms with Crippen LogP contribution in [0.2, 0.25) is 0 Å². The summed E-state index contributed by atoms with van der Waals surface area (Å²) < 4.78 is 7.28. The summed E-state index contributed by atoms with van der Waals surface area (Å²) >= 11 is 0. The van der Waals surface area contributed by atoms with E-state index in [0.717, 1.165) is 21.9 Å². The molecule has 0 spiro atoms. The van der Waals surface area contributed by atoms with Crippen molar-refractivity contribution >= 4 is 28.5 Å². The molecule has 1 aliphatic rings. The summed E-state index contributed by atoms with van der Waals surface area (Å²) in [7, 11) is 0. The van der Waals surface area contributed by atoms with Crippen molar-refractivity contribution in [3.8, 4) is 0 Å². The average molecular weight is 411 g/mol. The van der Waals surface area contributed by atoms with Gasteiger partial charge in [-0.25, -0.2) is 9.48 Å². The highest BCUT2D eigenvalue weighted by molar-refractivity contribution is 6.02. The molecule has 4 aromatic rings. The van der Waals surface area contributed by atoms with Crippen LogP contribution in [0.5, 0.6) is 0 Å². The molecular formula is C25H21N3O3. The summed E-state index contributed by atoms with van der Waals surface area (Å²) in [5.41, 5.74) is 1.12. The molecule has 3 aromatic carbocycles. The first kappa shape index (κ1) is 19.1. The Kier molecular flexibility index (Phi) is 4.55. The Morgan fingerprint density at radius 3 is 2.74 bits per heavy atom. The molecule has 0 fully saturated rings. The topological polar surface area (TPSA) is 73.2 Å². The number of rotatable bonds is 4. The Morgan fingerprint density at radius 2 is 1.84 bits per heavy atom. The van der Waals surface area contributed by atoms with Crippen LogP contribution >= 0.6 is 0 Å². The van der Waals surface area contributed by atoms with E-state index in [1.807, 2.05) is 30.3 Å². The van der Waals surface area contributed by atoms with Crippen LogP contribution < -0.4 is 5.32 Å². The lowest BCUT2D eigenvalue weighted by atomic mass is 9.89. The number of hydrogen-bond acceptors (Lipinski definition) is 4. The van der Waals surface area contributed by atoms with Gasteiger partial charge >= 0.3 is 5.97 Å². The molecular weight excluding hydrogens is 390 g/mol. The maximum absolute atomic E-state index is 13.1. The second-order valence-corrected chi connectivity index (χ2v) is 7.92. The summed E-state index contributed by atoms with van der Waals surface area (Å²) in [5.74, 6) is -0.312. The minimum atomic E-state index is -1.29. The number of esters is 1. The summed E-state index contributed by atoms with van der Waals surface area (Å²) in [6, 6.07) is 23.3. The first-order chi connectivity index (χ1) is 15.0. The number of benzene rings is 3. The fourth-order valence-electron chi connectivity index (χ4n) is 4.06. The van der Waals surface area contributed by atoms with Gasteiger partial charge in [-0.1, -0.05) is 60.7 Å². The number of fused-ring (bicyclic) bond motifs is 2. The van der Waals surface area contributed by atoms with Crippen LogP contribution in [0.1, 0.15) is 28.4 Å². The molecule has 6 heteroatoms. The van der Waals surface area contributed by atoms with Crippen molar-refractivity contribution in [2.75, 3.05) is 5.32 Å². The van der Waals surface area contributed by atoms with E-state index in [1.54, 1.807) is 36.0 Å². The summed E-state index contributed by atoms with van der Waals surface area (Å²) in [4.78, 5) is 25.6. The van der Waals surface area contributed by atoms with Crippen molar-refractivity contribution < 1.29 is 14.3 Å². The van der Waals surface area contributed by atoms with Gasteiger partial charge in [0.25, 0.3) is 5.91 Å². The Balaban J connectivity index is 1.39. The highest BCUT2D eigenvalue weighted by atomic mass is 16.6. The fourth-order valence-corrected chi connectivity index (χ4v) is 4.06. The van der Waals surface area contributed by atoms with E-state index in [1.165, 1.54) is 0 Å². The number of ether oxygens (including phenoxy) is 1. The number of nitrogens with zero attached hydrogens (tertiary/aromatic N) is 2. The largest absolute Gasteiger partial charge is 0.445 e. The van der Waals surface area contributed by atoms with Gasteiger partial charge < -0.3 is 10.1 Å². The number of aromatic nitrogens is 2. The van der Waals surface area contributed by atoms with E-state index >= 15 is 0 Å². The number of nitrogens with one attached hydrogen (secondary N) is 1. The number of carbonyl (C=O) groups is 2. The van der Waals surface area contributed by atoms with E-state index < -0.39 is 11.6 Å². The predicted molar refractivity (Wildman–Crippen MR) is 118 cm³/mol. The molecule has 6 nitrogen and oxygen atoms in total. The molecule has 0 saturated heterocycles. The van der Waals surface area contributed by atoms with Crippen molar-refractivity contribution in [1.82, 2.24) is 9.78 Å². The molecule has 2 heterocycles. The zero-order valence-electron chi connectivity index (χ0n) is 17.0. The molecule has 1 N–H and O–H groups in total. The van der Waals surface area contributed by atoms with Crippen molar-refractivity contribution in [1.29, 1.82) is 0 Å². The van der Waals surface area contributed by atoms with E-state index in [9.17, 15) is 9.59 Å². The van der Waals surface area contributed by atoms with Gasteiger partial charge in [0.2, 0.25) is 0 Å². The molecule has 1 atom stereocenters. The fraction of sp³-hybridized carbons (Fsp3) is 0.160. The number of cyclic esters (lactones) is 1. The van der Waals surface area contributed by atoms with Crippen LogP contribution in [-0.4, -0.2) is 27.3 Å². The van der Waals surface area contributed by atoms with E-state index in [0.29, 0.717) is 24.3 Å². The zero-order valence-corrected chi connectivity index (χ0v) is 17.0. The predicted octanol–water partition coefficient (Wildman–Crippen LogP) is 4.19. The molecule has 1 aliphatic heterocycles. The third kappa shape index (κ3) is 3.46. The van der Waals surface area contributed by atoms with Crippen LogP contribution in [0, 0.1) is 0 Å². The smallest absolute Gasteiger partial charge is 0.339 e. The molecule has 5 rings (SSSR count). The van der Waals surface area contributed by atoms with Gasteiger partial charge in [0.1, 0.15) is 5.82 Å². The summed E-state index contributed by atoms with van der Waals surface area (Å²) in [5, 5.41) is 9.58. The number of amides is 1. The maximum Gasteiger partial charge on any atom is 0.339 e. The Labute approximate surface area is 179 Å². The van der Waals surface area contributed by atoms with Crippen molar-refractivity contribution in [2.45, 2.75) is 25.5 Å². The second kappa shape index (κ2) is 7.40. The van der Waals surface area contributed by atoms with Crippen LogP contribution in [0.15, 0.2) is 79.0 Å². The van der Waals surface area contributed by atoms with Crippen LogP contribution in [0.25, 0.3) is 10.8 Å². The first-order valence-corrected chi connectivity index (χ1v) is 10.1. The Hall–Kier alpha value is -3.93. The molecule has 1 amide bonds. The maximum atomic E-state index is 13.1. The normalized spacial score (nSPS) is 17.8. The molecule has 1 aromatic heterocycles. The summed E-state index contributed by atoms with van der Waals surface area (Å²) in [6.45, 7) is 2.14. The van der Waals surface area contributed by atoms with Crippen molar-refractivity contribution in [3.63, 3.8) is 0 Å². The van der Waals surface area contributed by atoms with Gasteiger partial charge in [0.05, 0.1) is 18.3 Å². The van der Waals surface area contributed by atoms with Crippen LogP contribution in [0.4, 0.5) is 5.82 Å². The lowest BCUT2D eigenvalue weighted by molar-refractivity contribution is -0.134. The van der Waals surface area contributed by atoms with Crippen LogP contribution in [-0.2, 0) is 22.5 Å². The average Bonchev–Trinajstić information content (AvgIpc) is 3.20. The van der Waals surface area contributed by atoms with Gasteiger partial charge in [-0.2, -0.15) is 5.10 Å². The third-order valence-electron chi connectivity index (χ3n) is 5.72. The van der Waals surface area contributed by atoms with E-state index in [4.69, 9.17) is 4.74 Å². The van der Waals surface area contributed by atoms with Gasteiger partial charge in [-0.3, -0.25) is 4.79 Å². The Morgan fingerprint density at radius 1 is 1.06 bits per heavy atom. The molecule has 154 valence electrons. The molecule has 0 aliphatic carbocycles.